The summed E-state index contributed by atoms with van der Waals surface area (Å²) in [6.07, 6.45) is 0.214. The Morgan fingerprint density at radius 2 is 1.74 bits per heavy atom. The van der Waals surface area contributed by atoms with E-state index in [0.29, 0.717) is 18.8 Å². The van der Waals surface area contributed by atoms with Gasteiger partial charge in [0.15, 0.2) is 0 Å². The average Bonchev–Trinajstić information content (AvgIpc) is 2.63. The number of carboxylic acid groups (broad SMARTS) is 1. The van der Waals surface area contributed by atoms with Gasteiger partial charge >= 0.3 is 12.1 Å². The van der Waals surface area contributed by atoms with E-state index in [4.69, 9.17) is 4.74 Å². The van der Waals surface area contributed by atoms with Crippen LogP contribution in [0.2, 0.25) is 0 Å². The van der Waals surface area contributed by atoms with Crippen molar-refractivity contribution in [2.24, 2.45) is 0 Å². The zero-order valence-electron chi connectivity index (χ0n) is 15.6. The summed E-state index contributed by atoms with van der Waals surface area (Å²) >= 11 is 0. The van der Waals surface area contributed by atoms with Crippen molar-refractivity contribution in [2.75, 3.05) is 0 Å². The molecule has 0 bridgehead atoms. The monoisotopic (exact) mass is 367 g/mol. The van der Waals surface area contributed by atoms with Crippen LogP contribution < -0.4 is 5.32 Å². The first-order valence-corrected chi connectivity index (χ1v) is 9.22. The number of carboxylic acids is 1. The van der Waals surface area contributed by atoms with Crippen molar-refractivity contribution in [2.45, 2.75) is 50.7 Å². The van der Waals surface area contributed by atoms with Crippen LogP contribution in [-0.4, -0.2) is 23.2 Å². The Morgan fingerprint density at radius 3 is 2.30 bits per heavy atom. The number of hydrogen-bond donors (Lipinski definition) is 2. The minimum atomic E-state index is -0.938. The zero-order chi connectivity index (χ0) is 19.4. The van der Waals surface area contributed by atoms with Gasteiger partial charge in [0.05, 0.1) is 5.41 Å². The average molecular weight is 367 g/mol. The molecule has 0 heterocycles. The van der Waals surface area contributed by atoms with Crippen LogP contribution in [0.15, 0.2) is 54.6 Å². The number of alkyl carbamates (subject to hydrolysis) is 1. The molecule has 2 aromatic carbocycles. The van der Waals surface area contributed by atoms with Crippen LogP contribution in [0.25, 0.3) is 0 Å². The molecule has 2 aromatic rings. The first-order valence-electron chi connectivity index (χ1n) is 9.22. The van der Waals surface area contributed by atoms with E-state index in [1.165, 1.54) is 5.56 Å². The maximum atomic E-state index is 12.0. The topological polar surface area (TPSA) is 75.6 Å². The van der Waals surface area contributed by atoms with Crippen molar-refractivity contribution < 1.29 is 19.4 Å². The molecule has 142 valence electrons. The van der Waals surface area contributed by atoms with Crippen molar-refractivity contribution in [1.82, 2.24) is 5.32 Å². The molecule has 3 rings (SSSR count). The third kappa shape index (κ3) is 4.13. The van der Waals surface area contributed by atoms with Gasteiger partial charge in [-0.2, -0.15) is 0 Å². The molecule has 0 saturated heterocycles. The molecule has 0 aliphatic heterocycles. The van der Waals surface area contributed by atoms with E-state index < -0.39 is 17.5 Å². The lowest BCUT2D eigenvalue weighted by Crippen LogP contribution is -2.57. The molecule has 2 N–H and O–H groups in total. The SMILES string of the molecule is CC(C)c1ccc(C2(C(=O)O)CC(NC(=O)OCc3ccccc3)C2)cc1. The highest BCUT2D eigenvalue weighted by molar-refractivity contribution is 5.83. The lowest BCUT2D eigenvalue weighted by Gasteiger charge is -2.44. The quantitative estimate of drug-likeness (QED) is 0.801. The lowest BCUT2D eigenvalue weighted by molar-refractivity contribution is -0.148. The largest absolute Gasteiger partial charge is 0.481 e. The number of nitrogens with one attached hydrogen (secondary N) is 1. The second-order valence-corrected chi connectivity index (χ2v) is 7.48. The molecule has 1 fully saturated rings. The van der Waals surface area contributed by atoms with E-state index in [0.717, 1.165) is 11.1 Å². The van der Waals surface area contributed by atoms with Gasteiger partial charge in [0.1, 0.15) is 6.61 Å². The van der Waals surface area contributed by atoms with Gasteiger partial charge in [0, 0.05) is 6.04 Å². The number of carbonyl (C=O) groups excluding carboxylic acids is 1. The molecule has 27 heavy (non-hydrogen) atoms. The van der Waals surface area contributed by atoms with Crippen LogP contribution >= 0.6 is 0 Å². The molecule has 1 aliphatic rings. The minimum Gasteiger partial charge on any atom is -0.481 e. The third-order valence-corrected chi connectivity index (χ3v) is 5.26. The fourth-order valence-corrected chi connectivity index (χ4v) is 3.54. The summed E-state index contributed by atoms with van der Waals surface area (Å²) in [5.41, 5.74) is 1.94. The Labute approximate surface area is 159 Å². The molecular formula is C22H25NO4. The van der Waals surface area contributed by atoms with Crippen molar-refractivity contribution in [3.8, 4) is 0 Å². The molecular weight excluding hydrogens is 342 g/mol. The molecule has 0 aromatic heterocycles. The second kappa shape index (κ2) is 7.82. The zero-order valence-corrected chi connectivity index (χ0v) is 15.6. The Kier molecular flexibility index (Phi) is 5.49. The fraction of sp³-hybridized carbons (Fsp3) is 0.364. The van der Waals surface area contributed by atoms with Gasteiger partial charge < -0.3 is 15.2 Å². The summed E-state index contributed by atoms with van der Waals surface area (Å²) in [6.45, 7) is 4.40. The summed E-state index contributed by atoms with van der Waals surface area (Å²) in [4.78, 5) is 23.9. The molecule has 0 spiro atoms. The number of ether oxygens (including phenoxy) is 1. The van der Waals surface area contributed by atoms with Gasteiger partial charge in [0.2, 0.25) is 0 Å². The number of benzene rings is 2. The Morgan fingerprint density at radius 1 is 1.11 bits per heavy atom. The van der Waals surface area contributed by atoms with E-state index in [1.54, 1.807) is 0 Å². The van der Waals surface area contributed by atoms with E-state index >= 15 is 0 Å². The van der Waals surface area contributed by atoms with E-state index in [9.17, 15) is 14.7 Å². The summed E-state index contributed by atoms with van der Waals surface area (Å²) in [7, 11) is 0. The van der Waals surface area contributed by atoms with Crippen molar-refractivity contribution in [3.05, 3.63) is 71.3 Å². The highest BCUT2D eigenvalue weighted by Crippen LogP contribution is 2.44. The molecule has 1 aliphatic carbocycles. The first-order chi connectivity index (χ1) is 12.9. The Bertz CT molecular complexity index is 793. The second-order valence-electron chi connectivity index (χ2n) is 7.48. The van der Waals surface area contributed by atoms with Gasteiger partial charge in [-0.15, -0.1) is 0 Å². The van der Waals surface area contributed by atoms with Crippen LogP contribution in [-0.2, 0) is 21.6 Å². The van der Waals surface area contributed by atoms with Crippen molar-refractivity contribution in [3.63, 3.8) is 0 Å². The maximum Gasteiger partial charge on any atom is 0.407 e. The fourth-order valence-electron chi connectivity index (χ4n) is 3.54. The summed E-state index contributed by atoms with van der Waals surface area (Å²) in [6, 6.07) is 17.0. The van der Waals surface area contributed by atoms with E-state index in [-0.39, 0.29) is 12.6 Å². The number of rotatable bonds is 6. The van der Waals surface area contributed by atoms with E-state index in [1.807, 2.05) is 54.6 Å². The summed E-state index contributed by atoms with van der Waals surface area (Å²) < 4.78 is 5.21. The number of aliphatic carboxylic acids is 1. The number of hydrogen-bond acceptors (Lipinski definition) is 3. The molecule has 0 atom stereocenters. The smallest absolute Gasteiger partial charge is 0.407 e. The molecule has 0 unspecified atom stereocenters. The molecule has 1 saturated carbocycles. The first kappa shape index (κ1) is 19.0. The van der Waals surface area contributed by atoms with E-state index in [2.05, 4.69) is 19.2 Å². The van der Waals surface area contributed by atoms with Crippen LogP contribution in [0.5, 0.6) is 0 Å². The minimum absolute atomic E-state index is 0.195. The van der Waals surface area contributed by atoms with Crippen LogP contribution in [0.4, 0.5) is 4.79 Å². The predicted molar refractivity (Wildman–Crippen MR) is 103 cm³/mol. The van der Waals surface area contributed by atoms with Crippen molar-refractivity contribution in [1.29, 1.82) is 0 Å². The van der Waals surface area contributed by atoms with Gasteiger partial charge in [-0.25, -0.2) is 4.79 Å². The normalized spacial score (nSPS) is 21.4. The molecule has 1 amide bonds. The molecule has 0 radical (unpaired) electrons. The van der Waals surface area contributed by atoms with Gasteiger partial charge in [-0.3, -0.25) is 4.79 Å². The Hall–Kier alpha value is -2.82. The summed E-state index contributed by atoms with van der Waals surface area (Å²) in [5.74, 6) is -0.453. The highest BCUT2D eigenvalue weighted by atomic mass is 16.5. The maximum absolute atomic E-state index is 12.0. The third-order valence-electron chi connectivity index (χ3n) is 5.26. The van der Waals surface area contributed by atoms with Gasteiger partial charge in [0.25, 0.3) is 0 Å². The lowest BCUT2D eigenvalue weighted by atomic mass is 9.61. The van der Waals surface area contributed by atoms with Crippen molar-refractivity contribution >= 4 is 12.1 Å². The summed E-state index contributed by atoms with van der Waals surface area (Å²) in [5, 5.41) is 12.5. The van der Waals surface area contributed by atoms with Crippen LogP contribution in [0.1, 0.15) is 49.3 Å². The highest BCUT2D eigenvalue weighted by Gasteiger charge is 2.52. The number of amides is 1. The van der Waals surface area contributed by atoms with Gasteiger partial charge in [-0.1, -0.05) is 68.4 Å². The standard InChI is InChI=1S/C22H25NO4/c1-15(2)17-8-10-18(11-9-17)22(20(24)25)12-19(13-22)23-21(26)27-14-16-6-4-3-5-7-16/h3-11,15,19H,12-14H2,1-2H3,(H,23,26)(H,24,25). The Balaban J connectivity index is 1.57. The molecule has 5 heteroatoms. The van der Waals surface area contributed by atoms with Crippen LogP contribution in [0.3, 0.4) is 0 Å². The number of carbonyl (C=O) groups is 2. The van der Waals surface area contributed by atoms with Crippen LogP contribution in [0, 0.1) is 0 Å². The predicted octanol–water partition coefficient (Wildman–Crippen LogP) is 4.22. The molecule has 5 nitrogen and oxygen atoms in total. The van der Waals surface area contributed by atoms with Gasteiger partial charge in [-0.05, 0) is 35.4 Å².